The Balaban J connectivity index is 2.02. The van der Waals surface area contributed by atoms with Crippen molar-refractivity contribution in [1.29, 1.82) is 10.5 Å². The normalized spacial score (nSPS) is 10.2. The summed E-state index contributed by atoms with van der Waals surface area (Å²) in [6, 6.07) is 16.8. The fraction of sp³-hybridized carbons (Fsp3) is 0.143. The third-order valence-corrected chi connectivity index (χ3v) is 5.01. The number of nitrogens with zero attached hydrogens (tertiary/aromatic N) is 4. The lowest BCUT2D eigenvalue weighted by Crippen LogP contribution is -2.04. The first-order valence-electron chi connectivity index (χ1n) is 8.68. The average molecular weight is 403 g/mol. The van der Waals surface area contributed by atoms with E-state index >= 15 is 0 Å². The molecule has 0 atom stereocenters. The first-order valence-corrected chi connectivity index (χ1v) is 9.67. The minimum atomic E-state index is -0.0867. The Labute approximate surface area is 172 Å². The number of benzene rings is 1. The van der Waals surface area contributed by atoms with Gasteiger partial charge in [0.2, 0.25) is 0 Å². The molecule has 3 aromatic rings. The second-order valence-electron chi connectivity index (χ2n) is 5.86. The van der Waals surface area contributed by atoms with Crippen molar-refractivity contribution >= 4 is 17.6 Å². The number of nitriles is 2. The molecule has 0 spiro atoms. The summed E-state index contributed by atoms with van der Waals surface area (Å²) in [5.41, 5.74) is 8.43. The molecule has 0 fully saturated rings. The molecule has 0 unspecified atom stereocenters. The van der Waals surface area contributed by atoms with Crippen LogP contribution >= 0.6 is 11.8 Å². The maximum absolute atomic E-state index is 9.82. The van der Waals surface area contributed by atoms with Gasteiger partial charge in [-0.05, 0) is 29.8 Å². The minimum Gasteiger partial charge on any atom is -0.491 e. The van der Waals surface area contributed by atoms with Crippen molar-refractivity contribution in [3.05, 3.63) is 65.5 Å². The molecule has 144 valence electrons. The Bertz CT molecular complexity index is 1070. The second kappa shape index (κ2) is 9.56. The number of nitrogens with two attached hydrogens (primary N) is 1. The number of thioether (sulfide) groups is 1. The van der Waals surface area contributed by atoms with Gasteiger partial charge in [-0.25, -0.2) is 4.98 Å². The van der Waals surface area contributed by atoms with Crippen LogP contribution in [0.3, 0.4) is 0 Å². The summed E-state index contributed by atoms with van der Waals surface area (Å²) >= 11 is 1.34. The molecule has 3 N–H and O–H groups in total. The zero-order chi connectivity index (χ0) is 20.6. The van der Waals surface area contributed by atoms with E-state index in [9.17, 15) is 10.5 Å². The molecule has 0 bridgehead atoms. The molecule has 1 aromatic carbocycles. The Kier molecular flexibility index (Phi) is 6.64. The van der Waals surface area contributed by atoms with E-state index in [1.807, 2.05) is 18.2 Å². The molecule has 2 aromatic heterocycles. The molecular weight excluding hydrogens is 386 g/mol. The van der Waals surface area contributed by atoms with E-state index in [2.05, 4.69) is 22.1 Å². The van der Waals surface area contributed by atoms with Crippen LogP contribution in [-0.2, 0) is 5.75 Å². The van der Waals surface area contributed by atoms with Gasteiger partial charge in [-0.2, -0.15) is 10.5 Å². The van der Waals surface area contributed by atoms with Gasteiger partial charge in [0.25, 0.3) is 0 Å². The van der Waals surface area contributed by atoms with Crippen LogP contribution in [0.25, 0.3) is 11.1 Å². The van der Waals surface area contributed by atoms with E-state index in [4.69, 9.17) is 15.6 Å². The maximum Gasteiger partial charge on any atom is 0.143 e. The molecule has 2 heterocycles. The zero-order valence-corrected chi connectivity index (χ0v) is 16.2. The number of anilines is 1. The highest BCUT2D eigenvalue weighted by atomic mass is 32.2. The van der Waals surface area contributed by atoms with Crippen molar-refractivity contribution < 1.29 is 9.84 Å². The van der Waals surface area contributed by atoms with Gasteiger partial charge in [0.05, 0.1) is 17.9 Å². The van der Waals surface area contributed by atoms with E-state index in [1.165, 1.54) is 11.8 Å². The molecular formula is C21H17N5O2S. The van der Waals surface area contributed by atoms with E-state index in [1.54, 1.807) is 30.5 Å². The van der Waals surface area contributed by atoms with Gasteiger partial charge in [-0.3, -0.25) is 4.98 Å². The summed E-state index contributed by atoms with van der Waals surface area (Å²) in [6.45, 7) is 0.0966. The number of hydrogen-bond acceptors (Lipinski definition) is 8. The molecule has 8 heteroatoms. The molecule has 3 rings (SSSR count). The van der Waals surface area contributed by atoms with Gasteiger partial charge >= 0.3 is 0 Å². The summed E-state index contributed by atoms with van der Waals surface area (Å²) < 4.78 is 5.37. The van der Waals surface area contributed by atoms with Crippen LogP contribution in [0.15, 0.2) is 53.7 Å². The summed E-state index contributed by atoms with van der Waals surface area (Å²) in [5.74, 6) is 1.17. The third kappa shape index (κ3) is 4.64. The Morgan fingerprint density at radius 1 is 1.07 bits per heavy atom. The molecule has 0 amide bonds. The van der Waals surface area contributed by atoms with Crippen molar-refractivity contribution in [2.45, 2.75) is 10.8 Å². The Hall–Kier alpha value is -3.59. The van der Waals surface area contributed by atoms with Crippen LogP contribution in [-0.4, -0.2) is 28.3 Å². The van der Waals surface area contributed by atoms with Gasteiger partial charge in [-0.15, -0.1) is 0 Å². The topological polar surface area (TPSA) is 129 Å². The van der Waals surface area contributed by atoms with E-state index in [0.29, 0.717) is 33.2 Å². The third-order valence-electron chi connectivity index (χ3n) is 4.00. The number of aliphatic hydroxyl groups excluding tert-OH is 1. The van der Waals surface area contributed by atoms with E-state index < -0.39 is 0 Å². The van der Waals surface area contributed by atoms with Gasteiger partial charge in [0.15, 0.2) is 0 Å². The molecule has 7 nitrogen and oxygen atoms in total. The molecule has 0 aliphatic rings. The van der Waals surface area contributed by atoms with Crippen LogP contribution < -0.4 is 10.5 Å². The van der Waals surface area contributed by atoms with Crippen molar-refractivity contribution in [3.8, 4) is 29.0 Å². The predicted molar refractivity (Wildman–Crippen MR) is 110 cm³/mol. The summed E-state index contributed by atoms with van der Waals surface area (Å²) in [4.78, 5) is 8.56. The Morgan fingerprint density at radius 2 is 1.83 bits per heavy atom. The van der Waals surface area contributed by atoms with E-state index in [0.717, 1.165) is 5.69 Å². The summed E-state index contributed by atoms with van der Waals surface area (Å²) in [5, 5.41) is 28.7. The number of pyridine rings is 2. The lowest BCUT2D eigenvalue weighted by molar-refractivity contribution is 0.201. The molecule has 29 heavy (non-hydrogen) atoms. The highest BCUT2D eigenvalue weighted by molar-refractivity contribution is 7.98. The van der Waals surface area contributed by atoms with Crippen molar-refractivity contribution in [3.63, 3.8) is 0 Å². The van der Waals surface area contributed by atoms with Gasteiger partial charge in [-0.1, -0.05) is 30.0 Å². The van der Waals surface area contributed by atoms with Crippen molar-refractivity contribution in [2.75, 3.05) is 18.9 Å². The lowest BCUT2D eigenvalue weighted by atomic mass is 9.97. The molecule has 0 saturated heterocycles. The predicted octanol–water partition coefficient (Wildman–Crippen LogP) is 3.13. The minimum absolute atomic E-state index is 0.0747. The van der Waals surface area contributed by atoms with Crippen molar-refractivity contribution in [1.82, 2.24) is 9.97 Å². The smallest absolute Gasteiger partial charge is 0.143 e. The molecule has 0 aliphatic carbocycles. The van der Waals surface area contributed by atoms with E-state index in [-0.39, 0.29) is 24.6 Å². The summed E-state index contributed by atoms with van der Waals surface area (Å²) in [6.07, 6.45) is 1.70. The lowest BCUT2D eigenvalue weighted by Gasteiger charge is -2.13. The van der Waals surface area contributed by atoms with Crippen LogP contribution in [0.5, 0.6) is 5.75 Å². The maximum atomic E-state index is 9.82. The number of ether oxygens (including phenoxy) is 1. The molecule has 0 aliphatic heterocycles. The molecule has 0 radical (unpaired) electrons. The fourth-order valence-electron chi connectivity index (χ4n) is 2.70. The number of aliphatic hydroxyl groups is 1. The molecule has 0 saturated carbocycles. The largest absolute Gasteiger partial charge is 0.491 e. The number of nitrogen functional groups attached to an aromatic ring is 1. The highest BCUT2D eigenvalue weighted by Gasteiger charge is 2.20. The standard InChI is InChI=1S/C21H17N5O2S/c22-11-17-19(14-4-6-16(7-5-14)28-10-9-27)18(12-23)21(26-20(17)24)29-13-15-3-1-2-8-25-15/h1-8,27H,9-10,13H2,(H2,24,26). The number of aromatic nitrogens is 2. The van der Waals surface area contributed by atoms with Crippen LogP contribution in [0, 0.1) is 22.7 Å². The van der Waals surface area contributed by atoms with Gasteiger partial charge < -0.3 is 15.6 Å². The monoisotopic (exact) mass is 403 g/mol. The fourth-order valence-corrected chi connectivity index (χ4v) is 3.61. The SMILES string of the molecule is N#Cc1c(N)nc(SCc2ccccn2)c(C#N)c1-c1ccc(OCCO)cc1. The zero-order valence-electron chi connectivity index (χ0n) is 15.4. The van der Waals surface area contributed by atoms with Crippen LogP contribution in [0.4, 0.5) is 5.82 Å². The summed E-state index contributed by atoms with van der Waals surface area (Å²) in [7, 11) is 0. The number of rotatable bonds is 7. The first kappa shape index (κ1) is 20.2. The van der Waals surface area contributed by atoms with Crippen LogP contribution in [0.1, 0.15) is 16.8 Å². The average Bonchev–Trinajstić information content (AvgIpc) is 2.76. The first-order chi connectivity index (χ1) is 14.2. The van der Waals surface area contributed by atoms with Crippen molar-refractivity contribution in [2.24, 2.45) is 0 Å². The highest BCUT2D eigenvalue weighted by Crippen LogP contribution is 2.36. The van der Waals surface area contributed by atoms with Gasteiger partial charge in [0.1, 0.15) is 40.9 Å². The Morgan fingerprint density at radius 3 is 2.45 bits per heavy atom. The van der Waals surface area contributed by atoms with Crippen LogP contribution in [0.2, 0.25) is 0 Å². The second-order valence-corrected chi connectivity index (χ2v) is 6.82. The quantitative estimate of drug-likeness (QED) is 0.576. The number of hydrogen-bond donors (Lipinski definition) is 2. The van der Waals surface area contributed by atoms with Gasteiger partial charge in [0, 0.05) is 17.5 Å².